The van der Waals surface area contributed by atoms with Gasteiger partial charge in [-0.25, -0.2) is 4.79 Å². The van der Waals surface area contributed by atoms with E-state index in [1.54, 1.807) is 30.0 Å². The van der Waals surface area contributed by atoms with E-state index in [2.05, 4.69) is 0 Å². The average molecular weight is 263 g/mol. The number of amides is 1. The minimum Gasteiger partial charge on any atom is -0.465 e. The molecule has 5 heteroatoms. The number of nitrogens with zero attached hydrogens (tertiary/aromatic N) is 1. The number of rotatable bonds is 3. The fourth-order valence-corrected chi connectivity index (χ4v) is 2.38. The molecule has 2 rings (SSSR count). The van der Waals surface area contributed by atoms with Crippen LogP contribution < -0.4 is 4.90 Å². The molecule has 1 aromatic rings. The summed E-state index contributed by atoms with van der Waals surface area (Å²) in [6.45, 7) is 2.28. The van der Waals surface area contributed by atoms with Crippen molar-refractivity contribution in [2.24, 2.45) is 5.92 Å². The van der Waals surface area contributed by atoms with Crippen molar-refractivity contribution in [1.29, 1.82) is 0 Å². The molecule has 19 heavy (non-hydrogen) atoms. The van der Waals surface area contributed by atoms with Crippen LogP contribution >= 0.6 is 0 Å². The Morgan fingerprint density at radius 3 is 2.84 bits per heavy atom. The molecule has 102 valence electrons. The number of methoxy groups -OCH3 is 1. The number of aliphatic hydroxyl groups is 1. The lowest BCUT2D eigenvalue weighted by Gasteiger charge is -2.20. The summed E-state index contributed by atoms with van der Waals surface area (Å²) in [5, 5.41) is 9.15. The third kappa shape index (κ3) is 2.46. The fourth-order valence-electron chi connectivity index (χ4n) is 2.38. The Morgan fingerprint density at radius 2 is 2.26 bits per heavy atom. The highest BCUT2D eigenvalue weighted by Crippen LogP contribution is 2.29. The van der Waals surface area contributed by atoms with Crippen LogP contribution in [-0.4, -0.2) is 37.2 Å². The van der Waals surface area contributed by atoms with Gasteiger partial charge in [0.2, 0.25) is 5.91 Å². The van der Waals surface area contributed by atoms with Gasteiger partial charge in [0.25, 0.3) is 0 Å². The molecule has 0 saturated carbocycles. The number of hydrogen-bond acceptors (Lipinski definition) is 4. The largest absolute Gasteiger partial charge is 0.465 e. The van der Waals surface area contributed by atoms with Gasteiger partial charge in [-0.3, -0.25) is 4.79 Å². The van der Waals surface area contributed by atoms with E-state index in [0.717, 1.165) is 5.56 Å². The Bertz CT molecular complexity index is 512. The maximum absolute atomic E-state index is 11.9. The molecule has 1 aromatic carbocycles. The van der Waals surface area contributed by atoms with E-state index in [1.807, 2.05) is 0 Å². The molecule has 1 unspecified atom stereocenters. The monoisotopic (exact) mass is 263 g/mol. The van der Waals surface area contributed by atoms with Gasteiger partial charge in [0.15, 0.2) is 0 Å². The van der Waals surface area contributed by atoms with E-state index >= 15 is 0 Å². The van der Waals surface area contributed by atoms with E-state index < -0.39 is 5.97 Å². The van der Waals surface area contributed by atoms with Gasteiger partial charge < -0.3 is 14.7 Å². The van der Waals surface area contributed by atoms with E-state index in [4.69, 9.17) is 9.84 Å². The molecule has 1 atom stereocenters. The Labute approximate surface area is 111 Å². The molecule has 0 spiro atoms. The zero-order valence-corrected chi connectivity index (χ0v) is 11.0. The lowest BCUT2D eigenvalue weighted by molar-refractivity contribution is -0.117. The molecule has 1 aliphatic rings. The molecule has 1 N–H and O–H groups in total. The topological polar surface area (TPSA) is 66.8 Å². The van der Waals surface area contributed by atoms with Crippen molar-refractivity contribution >= 4 is 17.6 Å². The highest BCUT2D eigenvalue weighted by Gasteiger charge is 2.31. The van der Waals surface area contributed by atoms with Gasteiger partial charge in [-0.15, -0.1) is 0 Å². The highest BCUT2D eigenvalue weighted by atomic mass is 16.5. The molecule has 1 amide bonds. The maximum atomic E-state index is 11.9. The normalized spacial score (nSPS) is 18.8. The smallest absolute Gasteiger partial charge is 0.338 e. The molecule has 5 nitrogen and oxygen atoms in total. The molecule has 0 aliphatic carbocycles. The van der Waals surface area contributed by atoms with Crippen LogP contribution in [0.15, 0.2) is 18.2 Å². The van der Waals surface area contributed by atoms with Gasteiger partial charge >= 0.3 is 5.97 Å². The van der Waals surface area contributed by atoms with E-state index in [9.17, 15) is 9.59 Å². The van der Waals surface area contributed by atoms with Crippen LogP contribution in [0.25, 0.3) is 0 Å². The fraction of sp³-hybridized carbons (Fsp3) is 0.429. The Morgan fingerprint density at radius 1 is 1.53 bits per heavy atom. The lowest BCUT2D eigenvalue weighted by Crippen LogP contribution is -2.26. The molecule has 0 bridgehead atoms. The van der Waals surface area contributed by atoms with Crippen molar-refractivity contribution < 1.29 is 19.4 Å². The number of carbonyl (C=O) groups is 2. The summed E-state index contributed by atoms with van der Waals surface area (Å²) in [4.78, 5) is 25.2. The standard InChI is InChI=1S/C14H17NO4/c1-9-11(14(18)19-2)4-3-5-12(9)15-7-10(8-16)6-13(15)17/h3-5,10,16H,6-8H2,1-2H3. The summed E-state index contributed by atoms with van der Waals surface area (Å²) in [6.07, 6.45) is 0.346. The van der Waals surface area contributed by atoms with Crippen molar-refractivity contribution in [3.8, 4) is 0 Å². The van der Waals surface area contributed by atoms with Gasteiger partial charge in [0.05, 0.1) is 12.7 Å². The minimum absolute atomic E-state index is 0.00200. The number of anilines is 1. The van der Waals surface area contributed by atoms with Crippen molar-refractivity contribution in [2.75, 3.05) is 25.2 Å². The first-order chi connectivity index (χ1) is 9.08. The molecule has 0 radical (unpaired) electrons. The Hall–Kier alpha value is -1.88. The van der Waals surface area contributed by atoms with Gasteiger partial charge in [-0.2, -0.15) is 0 Å². The number of esters is 1. The predicted molar refractivity (Wildman–Crippen MR) is 70.1 cm³/mol. The van der Waals surface area contributed by atoms with Crippen molar-refractivity contribution in [1.82, 2.24) is 0 Å². The van der Waals surface area contributed by atoms with Crippen LogP contribution in [0, 0.1) is 12.8 Å². The van der Waals surface area contributed by atoms with Crippen LogP contribution in [0.3, 0.4) is 0 Å². The molecule has 1 heterocycles. The summed E-state index contributed by atoms with van der Waals surface area (Å²) >= 11 is 0. The van der Waals surface area contributed by atoms with E-state index in [0.29, 0.717) is 24.2 Å². The number of hydrogen-bond donors (Lipinski definition) is 1. The highest BCUT2D eigenvalue weighted by molar-refractivity contribution is 5.99. The SMILES string of the molecule is COC(=O)c1cccc(N2CC(CO)CC2=O)c1C. The van der Waals surface area contributed by atoms with Crippen LogP contribution in [0.4, 0.5) is 5.69 Å². The first kappa shape index (κ1) is 13.5. The Kier molecular flexibility index (Phi) is 3.85. The predicted octanol–water partition coefficient (Wildman–Crippen LogP) is 1.13. The summed E-state index contributed by atoms with van der Waals surface area (Å²) in [7, 11) is 1.33. The quantitative estimate of drug-likeness (QED) is 0.830. The van der Waals surface area contributed by atoms with Crippen LogP contribution in [0.5, 0.6) is 0 Å². The second kappa shape index (κ2) is 5.40. The number of ether oxygens (including phenoxy) is 1. The van der Waals surface area contributed by atoms with Crippen molar-refractivity contribution in [2.45, 2.75) is 13.3 Å². The molecule has 0 aromatic heterocycles. The second-order valence-electron chi connectivity index (χ2n) is 4.70. The minimum atomic E-state index is -0.412. The van der Waals surface area contributed by atoms with Gasteiger partial charge in [0, 0.05) is 31.2 Å². The molecule has 1 aliphatic heterocycles. The second-order valence-corrected chi connectivity index (χ2v) is 4.70. The van der Waals surface area contributed by atoms with Crippen LogP contribution in [-0.2, 0) is 9.53 Å². The lowest BCUT2D eigenvalue weighted by atomic mass is 10.1. The number of carbonyl (C=O) groups excluding carboxylic acids is 2. The molecule has 1 saturated heterocycles. The molecular formula is C14H17NO4. The summed E-state index contributed by atoms with van der Waals surface area (Å²) in [5.74, 6) is -0.470. The van der Waals surface area contributed by atoms with Crippen LogP contribution in [0.1, 0.15) is 22.3 Å². The van der Waals surface area contributed by atoms with E-state index in [-0.39, 0.29) is 18.4 Å². The average Bonchev–Trinajstić information content (AvgIpc) is 2.79. The zero-order valence-electron chi connectivity index (χ0n) is 11.0. The van der Waals surface area contributed by atoms with Crippen molar-refractivity contribution in [3.05, 3.63) is 29.3 Å². The number of aliphatic hydroxyl groups excluding tert-OH is 1. The summed E-state index contributed by atoms with van der Waals surface area (Å²) < 4.78 is 4.72. The first-order valence-electron chi connectivity index (χ1n) is 6.17. The maximum Gasteiger partial charge on any atom is 0.338 e. The van der Waals surface area contributed by atoms with Gasteiger partial charge in [0.1, 0.15) is 0 Å². The molecular weight excluding hydrogens is 246 g/mol. The summed E-state index contributed by atoms with van der Waals surface area (Å²) in [5.41, 5.74) is 1.89. The first-order valence-corrected chi connectivity index (χ1v) is 6.17. The van der Waals surface area contributed by atoms with Crippen LogP contribution in [0.2, 0.25) is 0 Å². The van der Waals surface area contributed by atoms with Gasteiger partial charge in [-0.05, 0) is 24.6 Å². The van der Waals surface area contributed by atoms with E-state index in [1.165, 1.54) is 7.11 Å². The summed E-state index contributed by atoms with van der Waals surface area (Å²) in [6, 6.07) is 5.21. The third-order valence-corrected chi connectivity index (χ3v) is 3.46. The van der Waals surface area contributed by atoms with Crippen molar-refractivity contribution in [3.63, 3.8) is 0 Å². The number of benzene rings is 1. The molecule has 1 fully saturated rings. The van der Waals surface area contributed by atoms with Gasteiger partial charge in [-0.1, -0.05) is 6.07 Å². The Balaban J connectivity index is 2.36. The zero-order chi connectivity index (χ0) is 14.0. The third-order valence-electron chi connectivity index (χ3n) is 3.46.